The van der Waals surface area contributed by atoms with Crippen LogP contribution in [0.5, 0.6) is 11.5 Å². The van der Waals surface area contributed by atoms with Crippen molar-refractivity contribution in [1.82, 2.24) is 0 Å². The fourth-order valence-electron chi connectivity index (χ4n) is 2.01. The Morgan fingerprint density at radius 2 is 1.85 bits per heavy atom. The first-order valence-electron chi connectivity index (χ1n) is 6.36. The summed E-state index contributed by atoms with van der Waals surface area (Å²) in [5, 5.41) is 0.518. The van der Waals surface area contributed by atoms with E-state index in [4.69, 9.17) is 31.2 Å². The number of hydrogen-bond donors (Lipinski definition) is 1. The van der Waals surface area contributed by atoms with Crippen molar-refractivity contribution in [3.05, 3.63) is 46.4 Å². The highest BCUT2D eigenvalue weighted by Crippen LogP contribution is 2.37. The third-order valence-corrected chi connectivity index (χ3v) is 3.50. The van der Waals surface area contributed by atoms with Crippen LogP contribution in [0.4, 0.5) is 0 Å². The molecule has 108 valence electrons. The highest BCUT2D eigenvalue weighted by molar-refractivity contribution is 6.31. The second-order valence-corrected chi connectivity index (χ2v) is 4.77. The van der Waals surface area contributed by atoms with Gasteiger partial charge in [-0.15, -0.1) is 0 Å². The van der Waals surface area contributed by atoms with E-state index in [2.05, 4.69) is 0 Å². The van der Waals surface area contributed by atoms with E-state index < -0.39 is 6.04 Å². The van der Waals surface area contributed by atoms with Crippen LogP contribution >= 0.6 is 11.6 Å². The van der Waals surface area contributed by atoms with E-state index in [9.17, 15) is 0 Å². The Morgan fingerprint density at radius 1 is 1.20 bits per heavy atom. The zero-order valence-electron chi connectivity index (χ0n) is 11.8. The first-order valence-corrected chi connectivity index (χ1v) is 6.74. The van der Waals surface area contributed by atoms with Crippen molar-refractivity contribution in [2.24, 2.45) is 5.73 Å². The van der Waals surface area contributed by atoms with E-state index in [1.165, 1.54) is 0 Å². The first-order chi connectivity index (χ1) is 9.60. The molecule has 0 amide bonds. The van der Waals surface area contributed by atoms with Crippen LogP contribution < -0.4 is 15.2 Å². The topological polar surface area (TPSA) is 57.6 Å². The molecule has 1 unspecified atom stereocenters. The molecule has 1 aromatic carbocycles. The van der Waals surface area contributed by atoms with Gasteiger partial charge in [-0.1, -0.05) is 18.5 Å². The maximum Gasteiger partial charge on any atom is 0.162 e. The van der Waals surface area contributed by atoms with Gasteiger partial charge >= 0.3 is 0 Å². The lowest BCUT2D eigenvalue weighted by Gasteiger charge is -2.15. The van der Waals surface area contributed by atoms with Gasteiger partial charge in [-0.2, -0.15) is 0 Å². The SMILES string of the molecule is CCc1ccc(C(N)c2cc(OC)c(OC)cc2Cl)o1. The monoisotopic (exact) mass is 295 g/mol. The van der Waals surface area contributed by atoms with Gasteiger partial charge in [0.25, 0.3) is 0 Å². The molecule has 5 heteroatoms. The molecule has 0 saturated carbocycles. The van der Waals surface area contributed by atoms with Gasteiger partial charge in [0.05, 0.1) is 20.3 Å². The molecule has 4 nitrogen and oxygen atoms in total. The highest BCUT2D eigenvalue weighted by Gasteiger charge is 2.19. The molecule has 0 saturated heterocycles. The van der Waals surface area contributed by atoms with E-state index in [-0.39, 0.29) is 0 Å². The summed E-state index contributed by atoms with van der Waals surface area (Å²) in [6.07, 6.45) is 0.826. The van der Waals surface area contributed by atoms with Gasteiger partial charge in [0.15, 0.2) is 11.5 Å². The van der Waals surface area contributed by atoms with Crippen LogP contribution in [0.1, 0.15) is 30.0 Å². The minimum atomic E-state index is -0.442. The molecule has 0 aliphatic heterocycles. The molecule has 1 aromatic heterocycles. The van der Waals surface area contributed by atoms with Crippen molar-refractivity contribution in [3.8, 4) is 11.5 Å². The Balaban J connectivity index is 2.40. The minimum absolute atomic E-state index is 0.442. The Morgan fingerprint density at radius 3 is 2.40 bits per heavy atom. The predicted molar refractivity (Wildman–Crippen MR) is 78.7 cm³/mol. The van der Waals surface area contributed by atoms with Gasteiger partial charge in [0, 0.05) is 17.5 Å². The fraction of sp³-hybridized carbons (Fsp3) is 0.333. The molecule has 0 bridgehead atoms. The van der Waals surface area contributed by atoms with Crippen molar-refractivity contribution < 1.29 is 13.9 Å². The molecule has 0 aliphatic carbocycles. The van der Waals surface area contributed by atoms with Gasteiger partial charge in [-0.05, 0) is 23.8 Å². The number of rotatable bonds is 5. The molecule has 2 rings (SSSR count). The molecule has 1 heterocycles. The number of methoxy groups -OCH3 is 2. The Kier molecular flexibility index (Phi) is 4.57. The van der Waals surface area contributed by atoms with Gasteiger partial charge < -0.3 is 19.6 Å². The van der Waals surface area contributed by atoms with Gasteiger partial charge in [-0.3, -0.25) is 0 Å². The minimum Gasteiger partial charge on any atom is -0.493 e. The average molecular weight is 296 g/mol. The van der Waals surface area contributed by atoms with E-state index in [1.54, 1.807) is 26.4 Å². The van der Waals surface area contributed by atoms with Crippen LogP contribution in [0.25, 0.3) is 0 Å². The highest BCUT2D eigenvalue weighted by atomic mass is 35.5. The largest absolute Gasteiger partial charge is 0.493 e. The van der Waals surface area contributed by atoms with E-state index >= 15 is 0 Å². The lowest BCUT2D eigenvalue weighted by molar-refractivity contribution is 0.354. The number of hydrogen-bond acceptors (Lipinski definition) is 4. The van der Waals surface area contributed by atoms with Crippen molar-refractivity contribution in [3.63, 3.8) is 0 Å². The van der Waals surface area contributed by atoms with Crippen LogP contribution in [0, 0.1) is 0 Å². The number of aryl methyl sites for hydroxylation is 1. The Hall–Kier alpha value is -1.65. The van der Waals surface area contributed by atoms with E-state index in [1.807, 2.05) is 19.1 Å². The third kappa shape index (κ3) is 2.76. The number of nitrogens with two attached hydrogens (primary N) is 1. The zero-order chi connectivity index (χ0) is 14.7. The summed E-state index contributed by atoms with van der Waals surface area (Å²) in [5.74, 6) is 2.73. The summed E-state index contributed by atoms with van der Waals surface area (Å²) in [6, 6.07) is 6.82. The summed E-state index contributed by atoms with van der Waals surface area (Å²) in [5.41, 5.74) is 6.96. The molecule has 0 radical (unpaired) electrons. The van der Waals surface area contributed by atoms with Crippen molar-refractivity contribution in [1.29, 1.82) is 0 Å². The van der Waals surface area contributed by atoms with Gasteiger partial charge in [-0.25, -0.2) is 0 Å². The number of furan rings is 1. The summed E-state index contributed by atoms with van der Waals surface area (Å²) in [4.78, 5) is 0. The van der Waals surface area contributed by atoms with Crippen LogP contribution in [0.15, 0.2) is 28.7 Å². The fourth-order valence-corrected chi connectivity index (χ4v) is 2.28. The molecule has 1 atom stereocenters. The van der Waals surface area contributed by atoms with Crippen LogP contribution in [-0.2, 0) is 6.42 Å². The molecule has 0 aliphatic rings. The van der Waals surface area contributed by atoms with E-state index in [0.29, 0.717) is 22.3 Å². The number of halogens is 1. The van der Waals surface area contributed by atoms with Gasteiger partial charge in [0.1, 0.15) is 11.5 Å². The first kappa shape index (κ1) is 14.8. The quantitative estimate of drug-likeness (QED) is 0.916. The second-order valence-electron chi connectivity index (χ2n) is 4.36. The maximum atomic E-state index is 6.27. The molecule has 2 aromatic rings. The zero-order valence-corrected chi connectivity index (χ0v) is 12.5. The smallest absolute Gasteiger partial charge is 0.162 e. The molecule has 0 fully saturated rings. The van der Waals surface area contributed by atoms with Crippen molar-refractivity contribution >= 4 is 11.6 Å². The maximum absolute atomic E-state index is 6.27. The molecule has 20 heavy (non-hydrogen) atoms. The van der Waals surface area contributed by atoms with Gasteiger partial charge in [0.2, 0.25) is 0 Å². The molecule has 2 N–H and O–H groups in total. The molecular formula is C15H18ClNO3. The van der Waals surface area contributed by atoms with Crippen LogP contribution in [0.3, 0.4) is 0 Å². The summed E-state index contributed by atoms with van der Waals surface area (Å²) >= 11 is 6.27. The number of ether oxygens (including phenoxy) is 2. The lowest BCUT2D eigenvalue weighted by Crippen LogP contribution is -2.12. The predicted octanol–water partition coefficient (Wildman–Crippen LogP) is 3.56. The summed E-state index contributed by atoms with van der Waals surface area (Å²) in [6.45, 7) is 2.03. The average Bonchev–Trinajstić information content (AvgIpc) is 2.95. The lowest BCUT2D eigenvalue weighted by atomic mass is 10.0. The standard InChI is InChI=1S/C15H18ClNO3/c1-4-9-5-6-12(20-9)15(17)10-7-13(18-2)14(19-3)8-11(10)16/h5-8,15H,4,17H2,1-3H3. The molecule has 0 spiro atoms. The second kappa shape index (κ2) is 6.20. The third-order valence-electron chi connectivity index (χ3n) is 3.18. The van der Waals surface area contributed by atoms with E-state index in [0.717, 1.165) is 17.7 Å². The Bertz CT molecular complexity index is 595. The summed E-state index contributed by atoms with van der Waals surface area (Å²) in [7, 11) is 3.14. The van der Waals surface area contributed by atoms with Crippen LogP contribution in [0.2, 0.25) is 5.02 Å². The van der Waals surface area contributed by atoms with Crippen molar-refractivity contribution in [2.45, 2.75) is 19.4 Å². The van der Waals surface area contributed by atoms with Crippen molar-refractivity contribution in [2.75, 3.05) is 14.2 Å². The van der Waals surface area contributed by atoms with Crippen LogP contribution in [-0.4, -0.2) is 14.2 Å². The normalized spacial score (nSPS) is 12.2. The molecular weight excluding hydrogens is 278 g/mol. The number of benzene rings is 1. The summed E-state index contributed by atoms with van der Waals surface area (Å²) < 4.78 is 16.2. The Labute approximate surface area is 123 Å².